The molecule has 0 spiro atoms. The molecule has 1 unspecified atom stereocenters. The van der Waals surface area contributed by atoms with Crippen molar-refractivity contribution in [1.29, 1.82) is 0 Å². The standard InChI is InChI=1S/C15H8O6/c1-19-15-9-5-4-7-10-6(12(16)20-13(7)17)2-3-8(11(9)10)14(18)21-15/h2-5,15H,1H3. The molecule has 104 valence electrons. The Morgan fingerprint density at radius 1 is 0.857 bits per heavy atom. The molecule has 0 aromatic heterocycles. The Morgan fingerprint density at radius 2 is 1.43 bits per heavy atom. The molecule has 0 aliphatic carbocycles. The van der Waals surface area contributed by atoms with E-state index in [1.165, 1.54) is 19.2 Å². The van der Waals surface area contributed by atoms with Crippen LogP contribution in [0.15, 0.2) is 24.3 Å². The lowest BCUT2D eigenvalue weighted by Gasteiger charge is -2.26. The highest BCUT2D eigenvalue weighted by Gasteiger charge is 2.35. The number of esters is 3. The quantitative estimate of drug-likeness (QED) is 0.588. The zero-order valence-corrected chi connectivity index (χ0v) is 10.8. The number of hydrogen-bond donors (Lipinski definition) is 0. The van der Waals surface area contributed by atoms with Gasteiger partial charge in [-0.1, -0.05) is 6.07 Å². The van der Waals surface area contributed by atoms with Gasteiger partial charge in [0.15, 0.2) is 0 Å². The molecule has 6 heteroatoms. The van der Waals surface area contributed by atoms with E-state index in [-0.39, 0.29) is 11.1 Å². The van der Waals surface area contributed by atoms with Crippen molar-refractivity contribution in [3.8, 4) is 0 Å². The number of carbonyl (C=O) groups excluding carboxylic acids is 3. The predicted molar refractivity (Wildman–Crippen MR) is 68.9 cm³/mol. The normalized spacial score (nSPS) is 19.5. The van der Waals surface area contributed by atoms with Crippen LogP contribution in [-0.4, -0.2) is 25.0 Å². The lowest BCUT2D eigenvalue weighted by atomic mass is 9.89. The summed E-state index contributed by atoms with van der Waals surface area (Å²) in [6.07, 6.45) is -0.859. The van der Waals surface area contributed by atoms with Crippen LogP contribution in [0.5, 0.6) is 0 Å². The van der Waals surface area contributed by atoms with Gasteiger partial charge in [-0.2, -0.15) is 0 Å². The first-order valence-corrected chi connectivity index (χ1v) is 6.21. The van der Waals surface area contributed by atoms with Gasteiger partial charge in [0, 0.05) is 23.4 Å². The van der Waals surface area contributed by atoms with Crippen LogP contribution in [0.2, 0.25) is 0 Å². The summed E-state index contributed by atoms with van der Waals surface area (Å²) in [5.41, 5.74) is 1.43. The second-order valence-electron chi connectivity index (χ2n) is 4.76. The number of methoxy groups -OCH3 is 1. The number of rotatable bonds is 1. The van der Waals surface area contributed by atoms with Crippen molar-refractivity contribution in [3.05, 3.63) is 46.5 Å². The zero-order chi connectivity index (χ0) is 14.7. The van der Waals surface area contributed by atoms with Gasteiger partial charge in [0.25, 0.3) is 0 Å². The van der Waals surface area contributed by atoms with Crippen molar-refractivity contribution in [1.82, 2.24) is 0 Å². The van der Waals surface area contributed by atoms with Crippen LogP contribution in [-0.2, 0) is 14.2 Å². The van der Waals surface area contributed by atoms with Crippen LogP contribution >= 0.6 is 0 Å². The van der Waals surface area contributed by atoms with Crippen molar-refractivity contribution >= 4 is 28.7 Å². The van der Waals surface area contributed by atoms with Gasteiger partial charge in [-0.15, -0.1) is 0 Å². The molecule has 2 aliphatic heterocycles. The summed E-state index contributed by atoms with van der Waals surface area (Å²) < 4.78 is 15.0. The van der Waals surface area contributed by atoms with Crippen molar-refractivity contribution in [3.63, 3.8) is 0 Å². The molecule has 0 saturated carbocycles. The number of hydrogen-bond acceptors (Lipinski definition) is 6. The molecule has 6 nitrogen and oxygen atoms in total. The maximum absolute atomic E-state index is 12.0. The third kappa shape index (κ3) is 1.42. The second-order valence-corrected chi connectivity index (χ2v) is 4.76. The highest BCUT2D eigenvalue weighted by Crippen LogP contribution is 2.40. The summed E-state index contributed by atoms with van der Waals surface area (Å²) in [5, 5.41) is 0.933. The summed E-state index contributed by atoms with van der Waals surface area (Å²) in [6.45, 7) is 0. The summed E-state index contributed by atoms with van der Waals surface area (Å²) in [6, 6.07) is 6.15. The number of benzene rings is 2. The van der Waals surface area contributed by atoms with E-state index >= 15 is 0 Å². The monoisotopic (exact) mass is 284 g/mol. The van der Waals surface area contributed by atoms with E-state index in [1.54, 1.807) is 12.1 Å². The molecular weight excluding hydrogens is 276 g/mol. The van der Waals surface area contributed by atoms with Crippen molar-refractivity contribution < 1.29 is 28.6 Å². The summed E-state index contributed by atoms with van der Waals surface area (Å²) in [5.74, 6) is -1.99. The van der Waals surface area contributed by atoms with Gasteiger partial charge in [0.2, 0.25) is 6.29 Å². The molecule has 0 radical (unpaired) electrons. The molecule has 1 atom stereocenters. The Balaban J connectivity index is 2.21. The number of ether oxygens (including phenoxy) is 3. The van der Waals surface area contributed by atoms with Crippen LogP contribution in [0.25, 0.3) is 10.8 Å². The Bertz CT molecular complexity index is 831. The van der Waals surface area contributed by atoms with Gasteiger partial charge in [0.1, 0.15) is 0 Å². The summed E-state index contributed by atoms with van der Waals surface area (Å²) in [7, 11) is 1.41. The molecule has 0 amide bonds. The van der Waals surface area contributed by atoms with Crippen LogP contribution < -0.4 is 0 Å². The zero-order valence-electron chi connectivity index (χ0n) is 10.8. The first-order valence-electron chi connectivity index (χ1n) is 6.21. The number of carbonyl (C=O) groups is 3. The number of cyclic esters (lactones) is 3. The first kappa shape index (κ1) is 12.0. The van der Waals surface area contributed by atoms with E-state index in [2.05, 4.69) is 4.74 Å². The minimum atomic E-state index is -0.859. The fraction of sp³-hybridized carbons (Fsp3) is 0.133. The minimum Gasteiger partial charge on any atom is -0.428 e. The molecule has 0 bridgehead atoms. The smallest absolute Gasteiger partial charge is 0.346 e. The topological polar surface area (TPSA) is 78.9 Å². The fourth-order valence-corrected chi connectivity index (χ4v) is 2.82. The van der Waals surface area contributed by atoms with E-state index < -0.39 is 24.2 Å². The van der Waals surface area contributed by atoms with Crippen LogP contribution in [0, 0.1) is 0 Å². The van der Waals surface area contributed by atoms with Crippen LogP contribution in [0.1, 0.15) is 42.9 Å². The van der Waals surface area contributed by atoms with Crippen LogP contribution in [0.4, 0.5) is 0 Å². The first-order chi connectivity index (χ1) is 10.1. The molecule has 0 fully saturated rings. The fourth-order valence-electron chi connectivity index (χ4n) is 2.82. The van der Waals surface area contributed by atoms with Gasteiger partial charge in [-0.25, -0.2) is 14.4 Å². The Morgan fingerprint density at radius 3 is 2.05 bits per heavy atom. The van der Waals surface area contributed by atoms with Gasteiger partial charge in [0.05, 0.1) is 16.7 Å². The van der Waals surface area contributed by atoms with Crippen molar-refractivity contribution in [2.75, 3.05) is 7.11 Å². The highest BCUT2D eigenvalue weighted by molar-refractivity contribution is 6.24. The molecule has 2 heterocycles. The van der Waals surface area contributed by atoms with E-state index in [4.69, 9.17) is 9.47 Å². The maximum atomic E-state index is 12.0. The average molecular weight is 284 g/mol. The third-order valence-corrected chi connectivity index (χ3v) is 3.72. The summed E-state index contributed by atoms with van der Waals surface area (Å²) >= 11 is 0. The van der Waals surface area contributed by atoms with Crippen LogP contribution in [0.3, 0.4) is 0 Å². The largest absolute Gasteiger partial charge is 0.428 e. The van der Waals surface area contributed by atoms with E-state index in [9.17, 15) is 14.4 Å². The van der Waals surface area contributed by atoms with E-state index in [0.717, 1.165) is 0 Å². The van der Waals surface area contributed by atoms with Gasteiger partial charge < -0.3 is 14.2 Å². The molecule has 2 aliphatic rings. The molecule has 2 aromatic carbocycles. The van der Waals surface area contributed by atoms with E-state index in [0.29, 0.717) is 21.9 Å². The van der Waals surface area contributed by atoms with Gasteiger partial charge in [-0.3, -0.25) is 0 Å². The highest BCUT2D eigenvalue weighted by atomic mass is 16.7. The maximum Gasteiger partial charge on any atom is 0.346 e. The lowest BCUT2D eigenvalue weighted by molar-refractivity contribution is -0.0939. The molecule has 0 saturated heterocycles. The lowest BCUT2D eigenvalue weighted by Crippen LogP contribution is -2.24. The Labute approximate surface area is 118 Å². The van der Waals surface area contributed by atoms with Gasteiger partial charge in [-0.05, 0) is 18.2 Å². The third-order valence-electron chi connectivity index (χ3n) is 3.72. The SMILES string of the molecule is COC1OC(=O)c2ccc3c4c(ccc1c24)C(=O)OC3=O. The molecule has 4 rings (SSSR count). The predicted octanol–water partition coefficient (Wildman–Crippen LogP) is 1.97. The van der Waals surface area contributed by atoms with E-state index in [1.807, 2.05) is 0 Å². The van der Waals surface area contributed by atoms with Gasteiger partial charge >= 0.3 is 17.9 Å². The minimum absolute atomic E-state index is 0.259. The Hall–Kier alpha value is -2.73. The molecule has 0 N–H and O–H groups in total. The molecular formula is C15H8O6. The second kappa shape index (κ2) is 3.89. The molecule has 21 heavy (non-hydrogen) atoms. The molecule has 2 aromatic rings. The van der Waals surface area contributed by atoms with Crippen molar-refractivity contribution in [2.24, 2.45) is 0 Å². The Kier molecular flexibility index (Phi) is 2.23. The average Bonchev–Trinajstić information content (AvgIpc) is 2.48. The summed E-state index contributed by atoms with van der Waals surface area (Å²) in [4.78, 5) is 35.7. The van der Waals surface area contributed by atoms with Crippen molar-refractivity contribution in [2.45, 2.75) is 6.29 Å².